The molecule has 1 aromatic carbocycles. The van der Waals surface area contributed by atoms with Gasteiger partial charge in [0.05, 0.1) is 24.0 Å². The number of nitrogens with zero attached hydrogens (tertiary/aromatic N) is 1. The Hall–Kier alpha value is -1.71. The number of anilines is 2. The van der Waals surface area contributed by atoms with E-state index in [0.717, 1.165) is 18.7 Å². The zero-order valence-corrected chi connectivity index (χ0v) is 11.6. The summed E-state index contributed by atoms with van der Waals surface area (Å²) < 4.78 is 4.82. The molecule has 0 spiro atoms. The van der Waals surface area contributed by atoms with Gasteiger partial charge < -0.3 is 15.4 Å². The Morgan fingerprint density at radius 3 is 2.61 bits per heavy atom. The third kappa shape index (κ3) is 2.94. The number of esters is 1. The second kappa shape index (κ2) is 6.28. The molecule has 100 valence electrons. The molecule has 1 rings (SSSR count). The van der Waals surface area contributed by atoms with Crippen molar-refractivity contribution in [1.29, 1.82) is 0 Å². The molecule has 0 heterocycles. The predicted octanol–water partition coefficient (Wildman–Crippen LogP) is 2.68. The highest BCUT2D eigenvalue weighted by atomic mass is 16.5. The number of ether oxygens (including phenoxy) is 1. The minimum Gasteiger partial charge on any atom is -0.465 e. The van der Waals surface area contributed by atoms with Gasteiger partial charge in [0.1, 0.15) is 0 Å². The van der Waals surface area contributed by atoms with Crippen LogP contribution in [0.3, 0.4) is 0 Å². The quantitative estimate of drug-likeness (QED) is 0.645. The van der Waals surface area contributed by atoms with E-state index in [1.807, 2.05) is 6.07 Å². The first-order valence-corrected chi connectivity index (χ1v) is 6.26. The van der Waals surface area contributed by atoms with Gasteiger partial charge in [0.15, 0.2) is 0 Å². The van der Waals surface area contributed by atoms with Crippen molar-refractivity contribution in [2.75, 3.05) is 24.3 Å². The Kier molecular flexibility index (Phi) is 5.01. The maximum atomic E-state index is 11.8. The highest BCUT2D eigenvalue weighted by Crippen LogP contribution is 2.30. The van der Waals surface area contributed by atoms with Crippen LogP contribution in [0.25, 0.3) is 0 Å². The van der Waals surface area contributed by atoms with Crippen molar-refractivity contribution in [3.05, 3.63) is 23.8 Å². The third-order valence-corrected chi connectivity index (χ3v) is 2.85. The third-order valence-electron chi connectivity index (χ3n) is 2.85. The summed E-state index contributed by atoms with van der Waals surface area (Å²) in [5.41, 5.74) is 7.95. The van der Waals surface area contributed by atoms with Crippen LogP contribution in [0.4, 0.5) is 11.4 Å². The summed E-state index contributed by atoms with van der Waals surface area (Å²) in [6, 6.07) is 5.61. The summed E-state index contributed by atoms with van der Waals surface area (Å²) in [6.07, 6.45) is 0.993. The summed E-state index contributed by atoms with van der Waals surface area (Å²) in [5, 5.41) is 0. The molecule has 0 aliphatic rings. The van der Waals surface area contributed by atoms with E-state index in [2.05, 4.69) is 25.7 Å². The Balaban J connectivity index is 3.30. The smallest absolute Gasteiger partial charge is 0.340 e. The average molecular weight is 250 g/mol. The molecule has 0 radical (unpaired) electrons. The van der Waals surface area contributed by atoms with E-state index in [1.165, 1.54) is 7.11 Å². The number of nitrogens with two attached hydrogens (primary N) is 1. The topological polar surface area (TPSA) is 55.6 Å². The Bertz CT molecular complexity index is 416. The number of benzene rings is 1. The number of para-hydroxylation sites is 1. The number of carbonyl (C=O) groups is 1. The summed E-state index contributed by atoms with van der Waals surface area (Å²) in [5.74, 6) is -0.348. The second-order valence-corrected chi connectivity index (χ2v) is 4.52. The van der Waals surface area contributed by atoms with E-state index < -0.39 is 0 Å². The largest absolute Gasteiger partial charge is 0.465 e. The molecule has 0 atom stereocenters. The molecular formula is C14H22N2O2. The van der Waals surface area contributed by atoms with Crippen LogP contribution >= 0.6 is 0 Å². The molecule has 0 unspecified atom stereocenters. The van der Waals surface area contributed by atoms with Crippen molar-refractivity contribution in [1.82, 2.24) is 0 Å². The van der Waals surface area contributed by atoms with Crippen LogP contribution in [0.15, 0.2) is 18.2 Å². The normalized spacial score (nSPS) is 10.5. The molecule has 0 aromatic heterocycles. The number of carbonyl (C=O) groups excluding carboxylic acids is 1. The predicted molar refractivity (Wildman–Crippen MR) is 75.0 cm³/mol. The van der Waals surface area contributed by atoms with Gasteiger partial charge in [-0.15, -0.1) is 0 Å². The molecule has 1 aromatic rings. The monoisotopic (exact) mass is 250 g/mol. The summed E-state index contributed by atoms with van der Waals surface area (Å²) >= 11 is 0. The van der Waals surface area contributed by atoms with Gasteiger partial charge in [-0.3, -0.25) is 0 Å². The van der Waals surface area contributed by atoms with E-state index in [9.17, 15) is 4.79 Å². The van der Waals surface area contributed by atoms with Crippen molar-refractivity contribution < 1.29 is 9.53 Å². The number of rotatable bonds is 5. The van der Waals surface area contributed by atoms with Crippen LogP contribution in [0.2, 0.25) is 0 Å². The first-order chi connectivity index (χ1) is 8.52. The zero-order chi connectivity index (χ0) is 13.7. The van der Waals surface area contributed by atoms with Gasteiger partial charge >= 0.3 is 5.97 Å². The lowest BCUT2D eigenvalue weighted by Crippen LogP contribution is -2.33. The highest BCUT2D eigenvalue weighted by Gasteiger charge is 2.20. The van der Waals surface area contributed by atoms with Crippen LogP contribution in [0.5, 0.6) is 0 Å². The molecule has 0 fully saturated rings. The molecule has 2 N–H and O–H groups in total. The second-order valence-electron chi connectivity index (χ2n) is 4.52. The van der Waals surface area contributed by atoms with Crippen molar-refractivity contribution >= 4 is 17.3 Å². The summed E-state index contributed by atoms with van der Waals surface area (Å²) in [6.45, 7) is 7.13. The lowest BCUT2D eigenvalue weighted by atomic mass is 10.1. The number of methoxy groups -OCH3 is 1. The first-order valence-electron chi connectivity index (χ1n) is 6.26. The molecule has 0 aliphatic heterocycles. The molecule has 0 amide bonds. The van der Waals surface area contributed by atoms with Gasteiger partial charge in [-0.05, 0) is 32.4 Å². The summed E-state index contributed by atoms with van der Waals surface area (Å²) in [4.78, 5) is 14.0. The van der Waals surface area contributed by atoms with Gasteiger partial charge in [0, 0.05) is 12.6 Å². The van der Waals surface area contributed by atoms with Crippen molar-refractivity contribution in [3.8, 4) is 0 Å². The van der Waals surface area contributed by atoms with Crippen LogP contribution < -0.4 is 10.6 Å². The maximum Gasteiger partial charge on any atom is 0.340 e. The van der Waals surface area contributed by atoms with Crippen molar-refractivity contribution in [3.63, 3.8) is 0 Å². The van der Waals surface area contributed by atoms with Crippen LogP contribution in [0.1, 0.15) is 37.6 Å². The van der Waals surface area contributed by atoms with Gasteiger partial charge in [0.25, 0.3) is 0 Å². The minimum atomic E-state index is -0.348. The average Bonchev–Trinajstić information content (AvgIpc) is 2.35. The number of hydrogen-bond acceptors (Lipinski definition) is 4. The van der Waals surface area contributed by atoms with Crippen molar-refractivity contribution in [2.24, 2.45) is 0 Å². The fourth-order valence-corrected chi connectivity index (χ4v) is 2.03. The fourth-order valence-electron chi connectivity index (χ4n) is 2.03. The standard InChI is InChI=1S/C14H22N2O2/c1-5-9-16(10(2)3)13-11(14(17)18-4)7-6-8-12(13)15/h6-8,10H,5,9,15H2,1-4H3. The van der Waals surface area contributed by atoms with Gasteiger partial charge in [-0.25, -0.2) is 4.79 Å². The Morgan fingerprint density at radius 1 is 1.44 bits per heavy atom. The fraction of sp³-hybridized carbons (Fsp3) is 0.500. The molecule has 0 saturated carbocycles. The van der Waals surface area contributed by atoms with Gasteiger partial charge in [0.2, 0.25) is 0 Å². The Labute approximate surface area is 109 Å². The summed E-state index contributed by atoms with van der Waals surface area (Å²) in [7, 11) is 1.38. The van der Waals surface area contributed by atoms with Crippen LogP contribution in [0, 0.1) is 0 Å². The van der Waals surface area contributed by atoms with E-state index >= 15 is 0 Å². The minimum absolute atomic E-state index is 0.276. The van der Waals surface area contributed by atoms with Crippen molar-refractivity contribution in [2.45, 2.75) is 33.2 Å². The molecular weight excluding hydrogens is 228 g/mol. The van der Waals surface area contributed by atoms with E-state index in [4.69, 9.17) is 10.5 Å². The zero-order valence-electron chi connectivity index (χ0n) is 11.6. The molecule has 0 bridgehead atoms. The van der Waals surface area contributed by atoms with E-state index in [0.29, 0.717) is 11.3 Å². The number of hydrogen-bond donors (Lipinski definition) is 1. The molecule has 0 saturated heterocycles. The lowest BCUT2D eigenvalue weighted by Gasteiger charge is -2.31. The number of nitrogen functional groups attached to an aromatic ring is 1. The maximum absolute atomic E-state index is 11.8. The molecule has 4 heteroatoms. The van der Waals surface area contributed by atoms with E-state index in [1.54, 1.807) is 12.1 Å². The molecule has 18 heavy (non-hydrogen) atoms. The lowest BCUT2D eigenvalue weighted by molar-refractivity contribution is 0.0601. The first kappa shape index (κ1) is 14.4. The van der Waals surface area contributed by atoms with E-state index in [-0.39, 0.29) is 12.0 Å². The van der Waals surface area contributed by atoms with Crippen LogP contribution in [-0.4, -0.2) is 25.7 Å². The molecule has 0 aliphatic carbocycles. The Morgan fingerprint density at radius 2 is 2.11 bits per heavy atom. The van der Waals surface area contributed by atoms with Gasteiger partial charge in [-0.2, -0.15) is 0 Å². The van der Waals surface area contributed by atoms with Gasteiger partial charge in [-0.1, -0.05) is 13.0 Å². The highest BCUT2D eigenvalue weighted by molar-refractivity contribution is 5.99. The molecule has 4 nitrogen and oxygen atoms in total. The van der Waals surface area contributed by atoms with Crippen LogP contribution in [-0.2, 0) is 4.74 Å². The SMILES string of the molecule is CCCN(c1c(N)cccc1C(=O)OC)C(C)C.